The molecule has 3 rings (SSSR count). The van der Waals surface area contributed by atoms with Gasteiger partial charge in [0.1, 0.15) is 10.8 Å². The summed E-state index contributed by atoms with van der Waals surface area (Å²) in [5.41, 5.74) is 5.25. The number of aromatic amines is 1. The van der Waals surface area contributed by atoms with Gasteiger partial charge in [0.15, 0.2) is 11.9 Å². The normalized spacial score (nSPS) is 26.6. The Morgan fingerprint density at radius 3 is 3.00 bits per heavy atom. The smallest absolute Gasteiger partial charge is 0.311 e. The van der Waals surface area contributed by atoms with Crippen molar-refractivity contribution in [3.63, 3.8) is 0 Å². The van der Waals surface area contributed by atoms with Gasteiger partial charge in [-0.1, -0.05) is 31.6 Å². The van der Waals surface area contributed by atoms with Crippen LogP contribution in [0, 0.1) is 5.92 Å². The van der Waals surface area contributed by atoms with Gasteiger partial charge in [0.25, 0.3) is 5.56 Å². The van der Waals surface area contributed by atoms with Gasteiger partial charge in [-0.25, -0.2) is 0 Å². The fourth-order valence-corrected chi connectivity index (χ4v) is 3.55. The lowest BCUT2D eigenvalue weighted by Crippen LogP contribution is -2.27. The molecule has 1 aliphatic rings. The molecule has 0 amide bonds. The van der Waals surface area contributed by atoms with Crippen molar-refractivity contribution in [2.75, 3.05) is 5.73 Å². The van der Waals surface area contributed by atoms with Crippen molar-refractivity contribution in [1.29, 1.82) is 0 Å². The fraction of sp³-hybridized carbons (Fsp3) is 0.615. The van der Waals surface area contributed by atoms with Crippen LogP contribution in [0.4, 0.5) is 5.95 Å². The monoisotopic (exact) mass is 326 g/mol. The number of hydrogen-bond acceptors (Lipinski definition) is 7. The van der Waals surface area contributed by atoms with Crippen LogP contribution in [0.1, 0.15) is 32.9 Å². The maximum atomic E-state index is 12.2. The van der Waals surface area contributed by atoms with Crippen molar-refractivity contribution in [2.45, 2.75) is 45.1 Å². The van der Waals surface area contributed by atoms with Crippen LogP contribution >= 0.6 is 11.3 Å². The average Bonchev–Trinajstić information content (AvgIpc) is 2.98. The molecule has 0 aliphatic carbocycles. The Morgan fingerprint density at radius 1 is 1.59 bits per heavy atom. The van der Waals surface area contributed by atoms with Crippen LogP contribution in [0.25, 0.3) is 10.3 Å². The first-order valence-electron chi connectivity index (χ1n) is 7.16. The van der Waals surface area contributed by atoms with Crippen LogP contribution in [0.5, 0.6) is 0 Å². The molecule has 1 fully saturated rings. The summed E-state index contributed by atoms with van der Waals surface area (Å²) in [6.45, 7) is 4.08. The number of aliphatic hydroxyl groups is 1. The number of nitrogens with two attached hydrogens (primary N) is 1. The lowest BCUT2D eigenvalue weighted by molar-refractivity contribution is -0.0505. The van der Waals surface area contributed by atoms with E-state index in [4.69, 9.17) is 10.5 Å². The lowest BCUT2D eigenvalue weighted by atomic mass is 9.99. The van der Waals surface area contributed by atoms with Gasteiger partial charge >= 0.3 is 4.87 Å². The number of nitrogens with one attached hydrogen (secondary N) is 1. The summed E-state index contributed by atoms with van der Waals surface area (Å²) in [6.07, 6.45) is -0.437. The van der Waals surface area contributed by atoms with Crippen LogP contribution in [0.15, 0.2) is 9.59 Å². The van der Waals surface area contributed by atoms with E-state index in [9.17, 15) is 14.7 Å². The van der Waals surface area contributed by atoms with Crippen molar-refractivity contribution >= 4 is 27.6 Å². The van der Waals surface area contributed by atoms with Crippen molar-refractivity contribution in [3.8, 4) is 0 Å². The maximum Gasteiger partial charge on any atom is 0.311 e. The number of aromatic nitrogens is 3. The molecule has 0 unspecified atom stereocenters. The second-order valence-electron chi connectivity index (χ2n) is 5.60. The molecule has 22 heavy (non-hydrogen) atoms. The molecule has 120 valence electrons. The van der Waals surface area contributed by atoms with Gasteiger partial charge in [-0.15, -0.1) is 0 Å². The van der Waals surface area contributed by atoms with E-state index < -0.39 is 22.8 Å². The SMILES string of the molecule is CC[C@H](C)[C@@H]1C[C@@H](O)[C@H](n2c(=O)sc3c(=O)[nH]c(N)nc32)O1. The second-order valence-corrected chi connectivity index (χ2v) is 6.56. The molecule has 4 N–H and O–H groups in total. The molecule has 2 aromatic rings. The Bertz CT molecular complexity index is 810. The number of ether oxygens (including phenoxy) is 1. The molecule has 3 heterocycles. The zero-order valence-corrected chi connectivity index (χ0v) is 13.1. The van der Waals surface area contributed by atoms with Gasteiger partial charge in [-0.2, -0.15) is 4.98 Å². The molecule has 0 spiro atoms. The molecule has 0 radical (unpaired) electrons. The number of nitrogens with zero attached hydrogens (tertiary/aromatic N) is 2. The predicted molar refractivity (Wildman–Crippen MR) is 82.9 cm³/mol. The number of anilines is 1. The maximum absolute atomic E-state index is 12.2. The van der Waals surface area contributed by atoms with Crippen molar-refractivity contribution in [1.82, 2.24) is 14.5 Å². The Balaban J connectivity index is 2.09. The van der Waals surface area contributed by atoms with E-state index in [1.54, 1.807) is 0 Å². The number of H-pyrrole nitrogens is 1. The van der Waals surface area contributed by atoms with Gasteiger partial charge < -0.3 is 15.6 Å². The average molecular weight is 326 g/mol. The Kier molecular flexibility index (Phi) is 3.79. The third kappa shape index (κ3) is 2.34. The van der Waals surface area contributed by atoms with Crippen molar-refractivity contribution in [3.05, 3.63) is 20.0 Å². The van der Waals surface area contributed by atoms with E-state index in [1.807, 2.05) is 13.8 Å². The first kappa shape index (κ1) is 15.2. The number of nitrogen functional groups attached to an aromatic ring is 1. The van der Waals surface area contributed by atoms with E-state index in [-0.39, 0.29) is 28.3 Å². The highest BCUT2D eigenvalue weighted by atomic mass is 32.1. The molecule has 9 heteroatoms. The highest BCUT2D eigenvalue weighted by Crippen LogP contribution is 2.34. The largest absolute Gasteiger partial charge is 0.388 e. The molecule has 1 saturated heterocycles. The number of thiazole rings is 1. The van der Waals surface area contributed by atoms with E-state index in [0.717, 1.165) is 17.8 Å². The van der Waals surface area contributed by atoms with E-state index in [1.165, 1.54) is 4.57 Å². The molecule has 0 aromatic carbocycles. The van der Waals surface area contributed by atoms with Crippen LogP contribution < -0.4 is 16.2 Å². The first-order valence-corrected chi connectivity index (χ1v) is 7.98. The molecule has 8 nitrogen and oxygen atoms in total. The van der Waals surface area contributed by atoms with Gasteiger partial charge in [-0.05, 0) is 5.92 Å². The Morgan fingerprint density at radius 2 is 2.32 bits per heavy atom. The third-order valence-electron chi connectivity index (χ3n) is 4.14. The minimum absolute atomic E-state index is 0.0741. The summed E-state index contributed by atoms with van der Waals surface area (Å²) in [5.74, 6) is 0.191. The standard InChI is InChI=1S/C13H18N4O4S/c1-3-5(2)7-4-6(18)11(21-7)17-9-8(22-13(17)20)10(19)16-12(14)15-9/h5-7,11,18H,3-4H2,1-2H3,(H3,14,15,16,19)/t5-,6+,7-,11+/m0/s1. The van der Waals surface area contributed by atoms with E-state index in [0.29, 0.717) is 6.42 Å². The topological polar surface area (TPSA) is 123 Å². The van der Waals surface area contributed by atoms with Gasteiger partial charge in [-0.3, -0.25) is 19.1 Å². The van der Waals surface area contributed by atoms with Crippen LogP contribution in [0.3, 0.4) is 0 Å². The van der Waals surface area contributed by atoms with E-state index >= 15 is 0 Å². The molecular weight excluding hydrogens is 308 g/mol. The van der Waals surface area contributed by atoms with Gasteiger partial charge in [0, 0.05) is 6.42 Å². The number of aliphatic hydroxyl groups excluding tert-OH is 1. The summed E-state index contributed by atoms with van der Waals surface area (Å²) >= 11 is 0.773. The second kappa shape index (κ2) is 5.49. The van der Waals surface area contributed by atoms with E-state index in [2.05, 4.69) is 9.97 Å². The summed E-state index contributed by atoms with van der Waals surface area (Å²) in [7, 11) is 0. The van der Waals surface area contributed by atoms with Gasteiger partial charge in [0.2, 0.25) is 5.95 Å². The minimum atomic E-state index is -0.839. The number of hydrogen-bond donors (Lipinski definition) is 3. The molecular formula is C13H18N4O4S. The Labute approximate surface area is 129 Å². The minimum Gasteiger partial charge on any atom is -0.388 e. The lowest BCUT2D eigenvalue weighted by Gasteiger charge is -2.19. The predicted octanol–water partition coefficient (Wildman–Crippen LogP) is 0.423. The highest BCUT2D eigenvalue weighted by molar-refractivity contribution is 7.16. The summed E-state index contributed by atoms with van der Waals surface area (Å²) in [4.78, 5) is 30.1. The molecule has 0 saturated carbocycles. The first-order chi connectivity index (χ1) is 10.4. The summed E-state index contributed by atoms with van der Waals surface area (Å²) in [6, 6.07) is 0. The van der Waals surface area contributed by atoms with Crippen LogP contribution in [-0.2, 0) is 4.74 Å². The number of rotatable bonds is 3. The molecule has 2 aromatic heterocycles. The third-order valence-corrected chi connectivity index (χ3v) is 5.09. The molecule has 0 bridgehead atoms. The van der Waals surface area contributed by atoms with Crippen LogP contribution in [0.2, 0.25) is 0 Å². The summed E-state index contributed by atoms with van der Waals surface area (Å²) in [5, 5.41) is 10.3. The number of fused-ring (bicyclic) bond motifs is 1. The van der Waals surface area contributed by atoms with Crippen molar-refractivity contribution in [2.24, 2.45) is 5.92 Å². The Hall–Kier alpha value is -1.71. The molecule has 4 atom stereocenters. The quantitative estimate of drug-likeness (QED) is 0.751. The summed E-state index contributed by atoms with van der Waals surface area (Å²) < 4.78 is 7.28. The van der Waals surface area contributed by atoms with Crippen LogP contribution in [-0.4, -0.2) is 31.8 Å². The van der Waals surface area contributed by atoms with Crippen molar-refractivity contribution < 1.29 is 9.84 Å². The van der Waals surface area contributed by atoms with Gasteiger partial charge in [0.05, 0.1) is 6.10 Å². The fourth-order valence-electron chi connectivity index (χ4n) is 2.71. The molecule has 1 aliphatic heterocycles. The highest BCUT2D eigenvalue weighted by Gasteiger charge is 2.39. The zero-order valence-electron chi connectivity index (χ0n) is 12.3. The zero-order chi connectivity index (χ0) is 16.0.